The molecule has 104 valence electrons. The second-order valence-corrected chi connectivity index (χ2v) is 6.87. The monoisotopic (exact) mass is 264 g/mol. The van der Waals surface area contributed by atoms with E-state index in [1.54, 1.807) is 0 Å². The maximum absolute atomic E-state index is 12.3. The van der Waals surface area contributed by atoms with Crippen LogP contribution in [0.2, 0.25) is 0 Å². The van der Waals surface area contributed by atoms with Crippen molar-refractivity contribution < 1.29 is 19.1 Å². The molecule has 0 unspecified atom stereocenters. The molecule has 4 nitrogen and oxygen atoms in total. The number of esters is 1. The maximum atomic E-state index is 12.3. The fourth-order valence-corrected chi connectivity index (χ4v) is 3.54. The van der Waals surface area contributed by atoms with E-state index in [1.807, 2.05) is 27.7 Å². The Kier molecular flexibility index (Phi) is 2.50. The Morgan fingerprint density at radius 3 is 2.58 bits per heavy atom. The van der Waals surface area contributed by atoms with E-state index in [0.717, 1.165) is 11.1 Å². The van der Waals surface area contributed by atoms with Crippen LogP contribution in [0, 0.1) is 5.41 Å². The lowest BCUT2D eigenvalue weighted by atomic mass is 9.66. The van der Waals surface area contributed by atoms with Crippen molar-refractivity contribution >= 4 is 11.8 Å². The number of hydrogen-bond acceptors (Lipinski definition) is 4. The molecule has 2 aliphatic carbocycles. The highest BCUT2D eigenvalue weighted by atomic mass is 16.6. The molecule has 0 radical (unpaired) electrons. The van der Waals surface area contributed by atoms with E-state index in [1.165, 1.54) is 0 Å². The van der Waals surface area contributed by atoms with E-state index in [9.17, 15) is 9.59 Å². The number of ether oxygens (including phenoxy) is 2. The van der Waals surface area contributed by atoms with Gasteiger partial charge >= 0.3 is 5.97 Å². The summed E-state index contributed by atoms with van der Waals surface area (Å²) in [7, 11) is 0. The van der Waals surface area contributed by atoms with E-state index in [4.69, 9.17) is 9.47 Å². The highest BCUT2D eigenvalue weighted by Crippen LogP contribution is 2.54. The van der Waals surface area contributed by atoms with Gasteiger partial charge in [0.1, 0.15) is 11.5 Å². The first-order valence-electron chi connectivity index (χ1n) is 6.89. The van der Waals surface area contributed by atoms with Crippen molar-refractivity contribution in [2.75, 3.05) is 0 Å². The Labute approximate surface area is 113 Å². The number of hydrogen-bond donors (Lipinski definition) is 0. The fourth-order valence-electron chi connectivity index (χ4n) is 3.54. The van der Waals surface area contributed by atoms with Crippen molar-refractivity contribution in [3.63, 3.8) is 0 Å². The minimum absolute atomic E-state index is 0.146. The summed E-state index contributed by atoms with van der Waals surface area (Å²) in [5.41, 5.74) is 0.647. The van der Waals surface area contributed by atoms with Gasteiger partial charge in [0.15, 0.2) is 5.78 Å². The smallest absolute Gasteiger partial charge is 0.319 e. The van der Waals surface area contributed by atoms with Crippen molar-refractivity contribution in [3.05, 3.63) is 11.1 Å². The zero-order chi connectivity index (χ0) is 14.0. The van der Waals surface area contributed by atoms with Crippen LogP contribution in [0.4, 0.5) is 0 Å². The topological polar surface area (TPSA) is 52.6 Å². The third kappa shape index (κ3) is 1.69. The highest BCUT2D eigenvalue weighted by molar-refractivity contribution is 6.04. The quantitative estimate of drug-likeness (QED) is 0.681. The summed E-state index contributed by atoms with van der Waals surface area (Å²) in [5, 5.41) is 0. The van der Waals surface area contributed by atoms with Gasteiger partial charge in [-0.2, -0.15) is 0 Å². The van der Waals surface area contributed by atoms with Gasteiger partial charge in [0.05, 0.1) is 11.7 Å². The molecule has 19 heavy (non-hydrogen) atoms. The van der Waals surface area contributed by atoms with E-state index >= 15 is 0 Å². The predicted molar refractivity (Wildman–Crippen MR) is 68.5 cm³/mol. The van der Waals surface area contributed by atoms with Gasteiger partial charge in [-0.3, -0.25) is 9.59 Å². The van der Waals surface area contributed by atoms with Crippen molar-refractivity contribution in [1.82, 2.24) is 0 Å². The molecule has 0 aromatic rings. The van der Waals surface area contributed by atoms with Crippen LogP contribution in [0.5, 0.6) is 0 Å². The zero-order valence-electron chi connectivity index (χ0n) is 11.9. The molecule has 1 fully saturated rings. The molecule has 3 atom stereocenters. The van der Waals surface area contributed by atoms with Gasteiger partial charge in [-0.1, -0.05) is 0 Å². The third-order valence-corrected chi connectivity index (χ3v) is 4.42. The number of carbonyl (C=O) groups is 2. The number of rotatable bonds is 1. The summed E-state index contributed by atoms with van der Waals surface area (Å²) >= 11 is 0. The molecule has 0 aromatic heterocycles. The van der Waals surface area contributed by atoms with Gasteiger partial charge in [0.2, 0.25) is 0 Å². The molecule has 0 aromatic carbocycles. The molecule has 0 spiro atoms. The average Bonchev–Trinajstić information content (AvgIpc) is 2.65. The van der Waals surface area contributed by atoms with Gasteiger partial charge in [-0.25, -0.2) is 0 Å². The minimum Gasteiger partial charge on any atom is -0.457 e. The minimum atomic E-state index is -0.774. The molecule has 0 amide bonds. The summed E-state index contributed by atoms with van der Waals surface area (Å²) in [4.78, 5) is 24.2. The van der Waals surface area contributed by atoms with Gasteiger partial charge in [0, 0.05) is 18.4 Å². The van der Waals surface area contributed by atoms with Crippen LogP contribution in [0.25, 0.3) is 0 Å². The average molecular weight is 264 g/mol. The standard InChI is InChI=1S/C15H20O4/c1-14(2,3)19-11-7-10-12-8(5-6-9(12)16)15(11,4)13(17)18-10/h10-11H,5-7H2,1-4H3/t10-,11-,15-/m1/s1. The van der Waals surface area contributed by atoms with Crippen LogP contribution in [0.3, 0.4) is 0 Å². The predicted octanol–water partition coefficient (Wildman–Crippen LogP) is 2.17. The molecular formula is C15H20O4. The molecule has 2 heterocycles. The lowest BCUT2D eigenvalue weighted by Crippen LogP contribution is -2.57. The first-order valence-corrected chi connectivity index (χ1v) is 6.89. The number of fused-ring (bicyclic) bond motifs is 2. The molecule has 2 aliphatic heterocycles. The Morgan fingerprint density at radius 1 is 1.26 bits per heavy atom. The van der Waals surface area contributed by atoms with E-state index in [2.05, 4.69) is 0 Å². The fraction of sp³-hybridized carbons (Fsp3) is 0.733. The van der Waals surface area contributed by atoms with Crippen LogP contribution >= 0.6 is 0 Å². The maximum Gasteiger partial charge on any atom is 0.319 e. The summed E-state index contributed by atoms with van der Waals surface area (Å²) in [6, 6.07) is 0. The number of carbonyl (C=O) groups excluding carboxylic acids is 2. The first kappa shape index (κ1) is 12.9. The van der Waals surface area contributed by atoms with Crippen LogP contribution < -0.4 is 0 Å². The van der Waals surface area contributed by atoms with Crippen LogP contribution in [-0.4, -0.2) is 29.6 Å². The van der Waals surface area contributed by atoms with Crippen LogP contribution in [0.1, 0.15) is 47.0 Å². The second-order valence-electron chi connectivity index (χ2n) is 6.87. The summed E-state index contributed by atoms with van der Waals surface area (Å²) < 4.78 is 11.5. The van der Waals surface area contributed by atoms with Gasteiger partial charge < -0.3 is 9.47 Å². The lowest BCUT2D eigenvalue weighted by molar-refractivity contribution is -0.197. The second kappa shape index (κ2) is 3.69. The Morgan fingerprint density at radius 2 is 1.95 bits per heavy atom. The molecule has 1 saturated heterocycles. The van der Waals surface area contributed by atoms with Crippen molar-refractivity contribution in [2.45, 2.75) is 64.8 Å². The van der Waals surface area contributed by atoms with Crippen molar-refractivity contribution in [1.29, 1.82) is 0 Å². The summed E-state index contributed by atoms with van der Waals surface area (Å²) in [6.07, 6.45) is 1.22. The van der Waals surface area contributed by atoms with E-state index in [-0.39, 0.29) is 29.6 Å². The zero-order valence-corrected chi connectivity index (χ0v) is 11.9. The highest BCUT2D eigenvalue weighted by Gasteiger charge is 2.60. The van der Waals surface area contributed by atoms with Crippen molar-refractivity contribution in [2.24, 2.45) is 5.41 Å². The van der Waals surface area contributed by atoms with Crippen LogP contribution in [0.15, 0.2) is 11.1 Å². The number of ketones is 1. The van der Waals surface area contributed by atoms with E-state index in [0.29, 0.717) is 19.3 Å². The Bertz CT molecular complexity index is 497. The van der Waals surface area contributed by atoms with E-state index < -0.39 is 5.41 Å². The Hall–Kier alpha value is -1.16. The molecule has 4 aliphatic rings. The SMILES string of the molecule is CC(C)(C)O[C@@H]1C[C@H]2OC(=O)[C@]1(C)C1=C2C(=O)CC1. The van der Waals surface area contributed by atoms with Crippen LogP contribution in [-0.2, 0) is 19.1 Å². The third-order valence-electron chi connectivity index (χ3n) is 4.42. The summed E-state index contributed by atoms with van der Waals surface area (Å²) in [5.74, 6) is -0.0839. The lowest BCUT2D eigenvalue weighted by Gasteiger charge is -2.49. The largest absolute Gasteiger partial charge is 0.457 e. The summed E-state index contributed by atoms with van der Waals surface area (Å²) in [6.45, 7) is 7.83. The molecule has 4 rings (SSSR count). The van der Waals surface area contributed by atoms with Gasteiger partial charge in [-0.15, -0.1) is 0 Å². The molecule has 0 saturated carbocycles. The number of Topliss-reactive ketones (excluding diaryl/α,β-unsaturated/α-hetero) is 1. The normalized spacial score (nSPS) is 37.7. The Balaban J connectivity index is 2.04. The van der Waals surface area contributed by atoms with Crippen molar-refractivity contribution in [3.8, 4) is 0 Å². The molecule has 4 heteroatoms. The molecule has 0 N–H and O–H groups in total. The van der Waals surface area contributed by atoms with Gasteiger partial charge in [-0.05, 0) is 39.7 Å². The van der Waals surface area contributed by atoms with Gasteiger partial charge in [0.25, 0.3) is 0 Å². The molecular weight excluding hydrogens is 244 g/mol. The first-order chi connectivity index (χ1) is 8.73. The molecule has 2 bridgehead atoms.